The number of hydrogen-bond acceptors (Lipinski definition) is 22. The fraction of sp³-hybridized carbons (Fsp3) is 0.722. The number of nitrogens with one attached hydrogen (secondary N) is 4. The second-order valence-electron chi connectivity index (χ2n) is 13.3. The average Bonchev–Trinajstić information content (AvgIpc) is 3.14. The molecule has 0 spiro atoms. The first-order valence-corrected chi connectivity index (χ1v) is 19.8. The van der Waals surface area contributed by atoms with E-state index in [1.165, 1.54) is 0 Å². The van der Waals surface area contributed by atoms with Gasteiger partial charge >= 0.3 is 47.8 Å². The molecule has 350 valence electrons. The number of carbonyl (C=O) groups excluding carboxylic acids is 8. The van der Waals surface area contributed by atoms with Crippen LogP contribution in [0, 0.1) is 0 Å². The number of ether oxygens (including phenoxy) is 12. The Morgan fingerprint density at radius 1 is 0.419 bits per heavy atom. The lowest BCUT2D eigenvalue weighted by atomic mass is 9.97. The summed E-state index contributed by atoms with van der Waals surface area (Å²) in [4.78, 5) is 95.2. The smallest absolute Gasteiger partial charge is 0.303 e. The molecule has 0 amide bonds. The fourth-order valence-corrected chi connectivity index (χ4v) is 6.28. The number of thiocarbonyl (C=S) groups is 2. The first kappa shape index (κ1) is 53.1. The van der Waals surface area contributed by atoms with Crippen LogP contribution in [-0.2, 0) is 95.2 Å². The van der Waals surface area contributed by atoms with Gasteiger partial charge in [-0.25, -0.2) is 0 Å². The molecule has 10 atom stereocenters. The van der Waals surface area contributed by atoms with E-state index in [-0.39, 0.29) is 49.7 Å². The molecule has 0 aliphatic carbocycles. The lowest BCUT2D eigenvalue weighted by Gasteiger charge is -2.44. The molecule has 2 rings (SSSR count). The Bertz CT molecular complexity index is 1490. The van der Waals surface area contributed by atoms with Gasteiger partial charge in [-0.15, -0.1) is 0 Å². The molecule has 2 aliphatic rings. The van der Waals surface area contributed by atoms with Gasteiger partial charge in [0.1, 0.15) is 25.4 Å². The number of rotatable bonds is 21. The Kier molecular flexibility index (Phi) is 23.2. The van der Waals surface area contributed by atoms with E-state index in [2.05, 4.69) is 21.3 Å². The molecular weight excluding hydrogens is 873 g/mol. The van der Waals surface area contributed by atoms with Crippen LogP contribution in [0.3, 0.4) is 0 Å². The van der Waals surface area contributed by atoms with Crippen molar-refractivity contribution in [3.63, 3.8) is 0 Å². The van der Waals surface area contributed by atoms with Crippen LogP contribution in [0.1, 0.15) is 55.4 Å². The van der Waals surface area contributed by atoms with E-state index >= 15 is 0 Å². The van der Waals surface area contributed by atoms with Crippen LogP contribution in [-0.4, -0.2) is 172 Å². The maximum Gasteiger partial charge on any atom is 0.303 e. The minimum absolute atomic E-state index is 0.0187. The molecule has 24 nitrogen and oxygen atoms in total. The molecule has 26 heteroatoms. The van der Waals surface area contributed by atoms with E-state index in [4.69, 9.17) is 81.3 Å². The van der Waals surface area contributed by atoms with E-state index < -0.39 is 122 Å². The lowest BCUT2D eigenvalue weighted by molar-refractivity contribution is -0.255. The molecular formula is C36H54N4O20S2. The molecule has 0 aromatic heterocycles. The maximum atomic E-state index is 12.0. The van der Waals surface area contributed by atoms with Gasteiger partial charge in [-0.3, -0.25) is 38.4 Å². The second kappa shape index (κ2) is 27.1. The Morgan fingerprint density at radius 2 is 0.710 bits per heavy atom. The van der Waals surface area contributed by atoms with Crippen molar-refractivity contribution in [1.82, 2.24) is 21.3 Å². The van der Waals surface area contributed by atoms with E-state index in [1.807, 2.05) is 0 Å². The molecule has 0 bridgehead atoms. The lowest BCUT2D eigenvalue weighted by Crippen LogP contribution is -2.66. The maximum absolute atomic E-state index is 12.0. The van der Waals surface area contributed by atoms with Gasteiger partial charge in [0, 0.05) is 68.5 Å². The predicted molar refractivity (Wildman–Crippen MR) is 213 cm³/mol. The van der Waals surface area contributed by atoms with Crippen molar-refractivity contribution >= 4 is 82.4 Å². The van der Waals surface area contributed by atoms with Gasteiger partial charge in [0.05, 0.1) is 26.4 Å². The molecule has 2 heterocycles. The SMILES string of the molecule is CC(=O)OC[C@H]1O[C@H](NC(=S)NCCOCCOCCNC(=S)N[C@H]2O[C@H](COC(C)=O)[C@@H](OC(C)=O)[C@H](OC(C)=O)[C@@H]2OC(C)=O)[C@@H](OC(C)=O)[C@@H](OC(C)=O)[C@@H]1OC(C)=O. The summed E-state index contributed by atoms with van der Waals surface area (Å²) >= 11 is 10.8. The topological polar surface area (TPSA) is 295 Å². The van der Waals surface area contributed by atoms with Gasteiger partial charge in [-0.1, -0.05) is 0 Å². The fourth-order valence-electron chi connectivity index (χ4n) is 5.85. The largest absolute Gasteiger partial charge is 0.463 e. The zero-order chi connectivity index (χ0) is 46.5. The Hall–Kier alpha value is -5.02. The van der Waals surface area contributed by atoms with Gasteiger partial charge < -0.3 is 78.1 Å². The summed E-state index contributed by atoms with van der Waals surface area (Å²) in [7, 11) is 0. The zero-order valence-corrected chi connectivity index (χ0v) is 37.0. The molecule has 62 heavy (non-hydrogen) atoms. The van der Waals surface area contributed by atoms with Crippen LogP contribution in [0.2, 0.25) is 0 Å². The van der Waals surface area contributed by atoms with E-state index in [1.54, 1.807) is 0 Å². The zero-order valence-electron chi connectivity index (χ0n) is 35.4. The van der Waals surface area contributed by atoms with Crippen molar-refractivity contribution in [2.24, 2.45) is 0 Å². The van der Waals surface area contributed by atoms with Crippen LogP contribution in [0.15, 0.2) is 0 Å². The molecule has 0 radical (unpaired) electrons. The summed E-state index contributed by atoms with van der Waals surface area (Å²) in [5.74, 6) is -5.94. The third-order valence-corrected chi connectivity index (χ3v) is 8.49. The van der Waals surface area contributed by atoms with Crippen molar-refractivity contribution in [3.05, 3.63) is 0 Å². The minimum atomic E-state index is -1.37. The summed E-state index contributed by atoms with van der Waals surface area (Å²) in [6.07, 6.45) is -12.9. The monoisotopic (exact) mass is 926 g/mol. The van der Waals surface area contributed by atoms with Crippen molar-refractivity contribution in [3.8, 4) is 0 Å². The van der Waals surface area contributed by atoms with Crippen molar-refractivity contribution in [2.45, 2.75) is 117 Å². The number of carbonyl (C=O) groups is 8. The highest BCUT2D eigenvalue weighted by atomic mass is 32.1. The van der Waals surface area contributed by atoms with Crippen LogP contribution >= 0.6 is 24.4 Å². The highest BCUT2D eigenvalue weighted by Gasteiger charge is 2.54. The van der Waals surface area contributed by atoms with Crippen LogP contribution < -0.4 is 21.3 Å². The highest BCUT2D eigenvalue weighted by molar-refractivity contribution is 7.80. The summed E-state index contributed by atoms with van der Waals surface area (Å²) in [5, 5.41) is 11.5. The van der Waals surface area contributed by atoms with Gasteiger partial charge in [0.15, 0.2) is 59.3 Å². The molecule has 0 unspecified atom stereocenters. The van der Waals surface area contributed by atoms with Crippen molar-refractivity contribution in [1.29, 1.82) is 0 Å². The Labute approximate surface area is 367 Å². The van der Waals surface area contributed by atoms with Gasteiger partial charge in [-0.2, -0.15) is 0 Å². The molecule has 0 aromatic carbocycles. The van der Waals surface area contributed by atoms with Gasteiger partial charge in [0.2, 0.25) is 0 Å². The standard InChI is InChI=1S/C36H54N4O20S2/c1-17(41)51-15-25-27(53-19(3)43)29(55-21(5)45)31(57-23(7)47)33(59-25)39-35(61)37-9-11-49-13-14-50-12-10-38-36(62)40-34-32(58-24(8)48)30(56-22(6)46)28(54-20(4)44)26(60-34)16-52-18(2)42/h25-34H,9-16H2,1-8H3,(H2,37,39,61)(H2,38,40,62)/t25-,26-,27-,28-,29+,30+,31+,32+,33+,34+/m1/s1. The van der Waals surface area contributed by atoms with Crippen molar-refractivity contribution < 1.29 is 95.2 Å². The van der Waals surface area contributed by atoms with Gasteiger partial charge in [0.25, 0.3) is 0 Å². The summed E-state index contributed by atoms with van der Waals surface area (Å²) < 4.78 is 65.5. The van der Waals surface area contributed by atoms with Gasteiger partial charge in [-0.05, 0) is 24.4 Å². The highest BCUT2D eigenvalue weighted by Crippen LogP contribution is 2.30. The summed E-state index contributed by atoms with van der Waals surface area (Å²) in [6, 6.07) is 0. The molecule has 2 fully saturated rings. The van der Waals surface area contributed by atoms with E-state index in [9.17, 15) is 38.4 Å². The van der Waals surface area contributed by atoms with Crippen molar-refractivity contribution in [2.75, 3.05) is 52.7 Å². The van der Waals surface area contributed by atoms with Crippen LogP contribution in [0.5, 0.6) is 0 Å². The first-order valence-electron chi connectivity index (χ1n) is 19.0. The van der Waals surface area contributed by atoms with E-state index in [0.29, 0.717) is 0 Å². The third kappa shape index (κ3) is 19.8. The Morgan fingerprint density at radius 3 is 1.00 bits per heavy atom. The van der Waals surface area contributed by atoms with Crippen LogP contribution in [0.4, 0.5) is 0 Å². The molecule has 0 saturated carbocycles. The quantitative estimate of drug-likeness (QED) is 0.0424. The number of esters is 8. The van der Waals surface area contributed by atoms with E-state index in [0.717, 1.165) is 55.4 Å². The number of hydrogen-bond donors (Lipinski definition) is 4. The summed E-state index contributed by atoms with van der Waals surface area (Å²) in [6.45, 7) is 9.24. The molecule has 2 saturated heterocycles. The predicted octanol–water partition coefficient (Wildman–Crippen LogP) is -1.89. The second-order valence-corrected chi connectivity index (χ2v) is 14.1. The van der Waals surface area contributed by atoms with Crippen LogP contribution in [0.25, 0.3) is 0 Å². The molecule has 0 aromatic rings. The summed E-state index contributed by atoms with van der Waals surface area (Å²) in [5.41, 5.74) is 0. The average molecular weight is 927 g/mol. The first-order chi connectivity index (χ1) is 29.2. The molecule has 2 aliphatic heterocycles. The Balaban J connectivity index is 1.88. The molecule has 4 N–H and O–H groups in total. The minimum Gasteiger partial charge on any atom is -0.463 e. The normalized spacial score (nSPS) is 25.3. The third-order valence-electron chi connectivity index (χ3n) is 7.96.